The lowest BCUT2D eigenvalue weighted by atomic mass is 9.82. The van der Waals surface area contributed by atoms with E-state index in [2.05, 4.69) is 57.9 Å². The number of piperidine rings is 2. The molecule has 1 saturated carbocycles. The minimum atomic E-state index is 0. The van der Waals surface area contributed by atoms with Crippen molar-refractivity contribution in [2.75, 3.05) is 14.1 Å². The molecule has 0 spiro atoms. The van der Waals surface area contributed by atoms with Gasteiger partial charge in [-0.15, -0.1) is 24.0 Å². The third kappa shape index (κ3) is 4.71. The second kappa shape index (κ2) is 8.91. The predicted octanol–water partition coefficient (Wildman–Crippen LogP) is 3.42. The highest BCUT2D eigenvalue weighted by molar-refractivity contribution is 14.0. The average Bonchev–Trinajstić information content (AvgIpc) is 3.33. The molecule has 3 aliphatic rings. The number of nitrogens with one attached hydrogen (secondary N) is 2. The third-order valence-corrected chi connectivity index (χ3v) is 6.49. The fourth-order valence-corrected chi connectivity index (χ4v) is 4.84. The van der Waals surface area contributed by atoms with Gasteiger partial charge in [0.25, 0.3) is 0 Å². The van der Waals surface area contributed by atoms with Crippen molar-refractivity contribution >= 4 is 29.9 Å². The summed E-state index contributed by atoms with van der Waals surface area (Å²) in [7, 11) is 4.22. The van der Waals surface area contributed by atoms with Gasteiger partial charge in [0.1, 0.15) is 0 Å². The summed E-state index contributed by atoms with van der Waals surface area (Å²) in [4.78, 5) is 7.12. The van der Waals surface area contributed by atoms with Gasteiger partial charge < -0.3 is 15.5 Å². The maximum absolute atomic E-state index is 4.50. The van der Waals surface area contributed by atoms with Crippen LogP contribution in [0.2, 0.25) is 0 Å². The van der Waals surface area contributed by atoms with E-state index in [0.29, 0.717) is 12.1 Å². The molecule has 2 saturated heterocycles. The summed E-state index contributed by atoms with van der Waals surface area (Å²) >= 11 is 0. The minimum absolute atomic E-state index is 0. The van der Waals surface area contributed by atoms with Crippen molar-refractivity contribution < 1.29 is 0 Å². The Labute approximate surface area is 175 Å². The largest absolute Gasteiger partial charge is 0.354 e. The lowest BCUT2D eigenvalue weighted by molar-refractivity contribution is 0.0526. The number of hydrogen-bond acceptors (Lipinski definition) is 2. The zero-order valence-electron chi connectivity index (χ0n) is 16.0. The summed E-state index contributed by atoms with van der Waals surface area (Å²) in [6.45, 7) is 0. The Balaban J connectivity index is 0.00000196. The van der Waals surface area contributed by atoms with Gasteiger partial charge in [-0.25, -0.2) is 0 Å². The summed E-state index contributed by atoms with van der Waals surface area (Å²) in [5.74, 6) is 1.76. The Hall–Kier alpha value is -0.820. The number of halogens is 1. The quantitative estimate of drug-likeness (QED) is 0.404. The van der Waals surface area contributed by atoms with Crippen molar-refractivity contribution in [2.45, 2.75) is 69.1 Å². The van der Waals surface area contributed by atoms with Crippen LogP contribution < -0.4 is 10.6 Å². The number of fused-ring (bicyclic) bond motifs is 2. The number of hydrogen-bond donors (Lipinski definition) is 2. The molecule has 2 aliphatic heterocycles. The Morgan fingerprint density at radius 1 is 1.08 bits per heavy atom. The van der Waals surface area contributed by atoms with Crippen LogP contribution in [0.15, 0.2) is 35.3 Å². The Morgan fingerprint density at radius 2 is 1.77 bits per heavy atom. The van der Waals surface area contributed by atoms with Gasteiger partial charge in [0.05, 0.1) is 0 Å². The highest BCUT2D eigenvalue weighted by atomic mass is 127. The molecule has 0 radical (unpaired) electrons. The molecule has 0 amide bonds. The molecule has 4 unspecified atom stereocenters. The van der Waals surface area contributed by atoms with Gasteiger partial charge in [-0.3, -0.25) is 4.99 Å². The zero-order chi connectivity index (χ0) is 17.2. The van der Waals surface area contributed by atoms with Crippen molar-refractivity contribution in [1.29, 1.82) is 0 Å². The molecule has 1 aromatic carbocycles. The first-order chi connectivity index (χ1) is 12.2. The Bertz CT molecular complexity index is 591. The van der Waals surface area contributed by atoms with Crippen LogP contribution in [0.3, 0.4) is 0 Å². The molecule has 1 aromatic rings. The maximum atomic E-state index is 4.50. The molecule has 3 fully saturated rings. The van der Waals surface area contributed by atoms with E-state index >= 15 is 0 Å². The van der Waals surface area contributed by atoms with Crippen LogP contribution in [-0.2, 0) is 6.42 Å². The number of rotatable bonds is 4. The molecule has 4 rings (SSSR count). The van der Waals surface area contributed by atoms with Crippen LogP contribution >= 0.6 is 24.0 Å². The van der Waals surface area contributed by atoms with Gasteiger partial charge in [0.2, 0.25) is 0 Å². The van der Waals surface area contributed by atoms with Crippen LogP contribution in [0, 0.1) is 5.92 Å². The van der Waals surface area contributed by atoms with Gasteiger partial charge in [0, 0.05) is 31.2 Å². The van der Waals surface area contributed by atoms with E-state index in [4.69, 9.17) is 0 Å². The summed E-state index contributed by atoms with van der Waals surface area (Å²) in [6.07, 6.45) is 9.07. The lowest BCUT2D eigenvalue weighted by Crippen LogP contribution is -2.56. The van der Waals surface area contributed by atoms with Gasteiger partial charge in [-0.1, -0.05) is 36.8 Å². The van der Waals surface area contributed by atoms with E-state index in [9.17, 15) is 0 Å². The second-order valence-electron chi connectivity index (χ2n) is 8.23. The van der Waals surface area contributed by atoms with E-state index in [1.54, 1.807) is 0 Å². The fraction of sp³-hybridized carbons (Fsp3) is 0.667. The normalized spacial score (nSPS) is 33.9. The SMILES string of the molecule is CN=C(NC1CC2CCCC(C1)N2C)NC1CC1Cc1ccccc1.I. The average molecular weight is 468 g/mol. The van der Waals surface area contributed by atoms with E-state index in [1.807, 2.05) is 7.05 Å². The zero-order valence-corrected chi connectivity index (χ0v) is 18.4. The molecular formula is C21H33IN4. The summed E-state index contributed by atoms with van der Waals surface area (Å²) in [5, 5.41) is 7.38. The van der Waals surface area contributed by atoms with Crippen LogP contribution in [-0.4, -0.2) is 49.1 Å². The number of aliphatic imine (C=N–C) groups is 1. The predicted molar refractivity (Wildman–Crippen MR) is 119 cm³/mol. The van der Waals surface area contributed by atoms with Crippen molar-refractivity contribution in [3.05, 3.63) is 35.9 Å². The molecular weight excluding hydrogens is 435 g/mol. The van der Waals surface area contributed by atoms with Crippen molar-refractivity contribution in [3.8, 4) is 0 Å². The minimum Gasteiger partial charge on any atom is -0.354 e. The van der Waals surface area contributed by atoms with Gasteiger partial charge in [0.15, 0.2) is 5.96 Å². The highest BCUT2D eigenvalue weighted by Gasteiger charge is 2.39. The van der Waals surface area contributed by atoms with E-state index in [-0.39, 0.29) is 24.0 Å². The van der Waals surface area contributed by atoms with Crippen LogP contribution in [0.5, 0.6) is 0 Å². The number of nitrogens with zero attached hydrogens (tertiary/aromatic N) is 2. The van der Waals surface area contributed by atoms with Crippen LogP contribution in [0.1, 0.15) is 44.1 Å². The lowest BCUT2D eigenvalue weighted by Gasteiger charge is -2.47. The topological polar surface area (TPSA) is 39.7 Å². The monoisotopic (exact) mass is 468 g/mol. The Morgan fingerprint density at radius 3 is 2.42 bits per heavy atom. The molecule has 144 valence electrons. The van der Waals surface area contributed by atoms with Crippen LogP contribution in [0.4, 0.5) is 0 Å². The van der Waals surface area contributed by atoms with Crippen molar-refractivity contribution in [1.82, 2.24) is 15.5 Å². The first kappa shape index (κ1) is 19.9. The molecule has 5 heteroatoms. The van der Waals surface area contributed by atoms with E-state index in [0.717, 1.165) is 24.0 Å². The molecule has 2 heterocycles. The van der Waals surface area contributed by atoms with Crippen molar-refractivity contribution in [3.63, 3.8) is 0 Å². The summed E-state index contributed by atoms with van der Waals surface area (Å²) in [6, 6.07) is 13.5. The van der Waals surface area contributed by atoms with E-state index in [1.165, 1.54) is 50.5 Å². The van der Waals surface area contributed by atoms with Gasteiger partial charge in [-0.05, 0) is 57.1 Å². The molecule has 4 nitrogen and oxygen atoms in total. The number of benzene rings is 1. The van der Waals surface area contributed by atoms with E-state index < -0.39 is 0 Å². The first-order valence-corrected chi connectivity index (χ1v) is 9.98. The summed E-state index contributed by atoms with van der Waals surface area (Å²) < 4.78 is 0. The molecule has 2 N–H and O–H groups in total. The highest BCUT2D eigenvalue weighted by Crippen LogP contribution is 2.34. The van der Waals surface area contributed by atoms with Gasteiger partial charge in [-0.2, -0.15) is 0 Å². The summed E-state index contributed by atoms with van der Waals surface area (Å²) in [5.41, 5.74) is 1.45. The Kier molecular flexibility index (Phi) is 6.83. The molecule has 0 aromatic heterocycles. The van der Waals surface area contributed by atoms with Crippen LogP contribution in [0.25, 0.3) is 0 Å². The molecule has 1 aliphatic carbocycles. The molecule has 2 bridgehead atoms. The molecule has 26 heavy (non-hydrogen) atoms. The smallest absolute Gasteiger partial charge is 0.191 e. The van der Waals surface area contributed by atoms with Gasteiger partial charge >= 0.3 is 0 Å². The maximum Gasteiger partial charge on any atom is 0.191 e. The second-order valence-corrected chi connectivity index (χ2v) is 8.23. The number of guanidine groups is 1. The standard InChI is InChI=1S/C21H32N4.HI/c1-22-21(23-17-13-18-9-6-10-19(14-17)25(18)2)24-20-12-16(20)11-15-7-4-3-5-8-15;/h3-5,7-8,16-20H,6,9-14H2,1-2H3,(H2,22,23,24);1H. The molecule has 4 atom stereocenters. The van der Waals surface area contributed by atoms with Crippen molar-refractivity contribution in [2.24, 2.45) is 10.9 Å². The third-order valence-electron chi connectivity index (χ3n) is 6.49. The first-order valence-electron chi connectivity index (χ1n) is 9.98. The fourth-order valence-electron chi connectivity index (χ4n) is 4.84.